The van der Waals surface area contributed by atoms with Gasteiger partial charge < -0.3 is 0 Å². The Balaban J connectivity index is 2.77. The van der Waals surface area contributed by atoms with Gasteiger partial charge in [0.15, 0.2) is 5.78 Å². The van der Waals surface area contributed by atoms with Gasteiger partial charge in [0.1, 0.15) is 0 Å². The van der Waals surface area contributed by atoms with Crippen molar-refractivity contribution in [1.29, 1.82) is 5.26 Å². The molecule has 0 aromatic heterocycles. The predicted octanol–water partition coefficient (Wildman–Crippen LogP) is 3.03. The van der Waals surface area contributed by atoms with Crippen molar-refractivity contribution < 1.29 is 4.79 Å². The topological polar surface area (TPSA) is 40.9 Å². The Morgan fingerprint density at radius 2 is 2.07 bits per heavy atom. The molecule has 3 heteroatoms. The quantitative estimate of drug-likeness (QED) is 0.577. The molecule has 0 aliphatic heterocycles. The van der Waals surface area contributed by atoms with E-state index in [9.17, 15) is 4.79 Å². The molecule has 0 heterocycles. The summed E-state index contributed by atoms with van der Waals surface area (Å²) in [4.78, 5) is 11.3. The summed E-state index contributed by atoms with van der Waals surface area (Å²) < 4.78 is 0. The summed E-state index contributed by atoms with van der Waals surface area (Å²) in [5.41, 5.74) is 1.56. The van der Waals surface area contributed by atoms with Gasteiger partial charge in [0.05, 0.1) is 12.5 Å². The molecule has 1 aromatic carbocycles. The molecular weight excluding hydrogens is 210 g/mol. The summed E-state index contributed by atoms with van der Waals surface area (Å²) in [6, 6.07) is 8.92. The second-order valence-corrected chi connectivity index (χ2v) is 3.25. The first-order valence-corrected chi connectivity index (χ1v) is 5.04. The first-order valence-electron chi connectivity index (χ1n) is 4.50. The third-order valence-electron chi connectivity index (χ3n) is 1.87. The Labute approximate surface area is 93.8 Å². The van der Waals surface area contributed by atoms with E-state index in [1.807, 2.05) is 30.4 Å². The molecule has 0 saturated carbocycles. The summed E-state index contributed by atoms with van der Waals surface area (Å²) in [5.74, 6) is 0.320. The summed E-state index contributed by atoms with van der Waals surface area (Å²) in [7, 11) is 0. The van der Waals surface area contributed by atoms with Crippen LogP contribution in [0.2, 0.25) is 0 Å². The smallest absolute Gasteiger partial charge is 0.176 e. The van der Waals surface area contributed by atoms with E-state index >= 15 is 0 Å². The second kappa shape index (κ2) is 6.00. The summed E-state index contributed by atoms with van der Waals surface area (Å²) in [6.45, 7) is 0. The van der Waals surface area contributed by atoms with Crippen molar-refractivity contribution in [3.8, 4) is 6.07 Å². The fourth-order valence-corrected chi connectivity index (χ4v) is 1.22. The van der Waals surface area contributed by atoms with E-state index in [1.54, 1.807) is 12.1 Å². The first-order chi connectivity index (χ1) is 7.27. The molecular formula is C12H10ClNO. The average Bonchev–Trinajstić information content (AvgIpc) is 2.27. The number of rotatable bonds is 4. The van der Waals surface area contributed by atoms with Crippen LogP contribution in [0.5, 0.6) is 0 Å². The number of benzene rings is 1. The Kier molecular flexibility index (Phi) is 4.59. The van der Waals surface area contributed by atoms with E-state index < -0.39 is 0 Å². The molecule has 0 saturated heterocycles. The lowest BCUT2D eigenvalue weighted by Gasteiger charge is -1.97. The largest absolute Gasteiger partial charge is 0.293 e. The number of halogens is 1. The van der Waals surface area contributed by atoms with E-state index in [4.69, 9.17) is 16.9 Å². The number of Topliss-reactive ketones (excluding diaryl/α,β-unsaturated/α-hetero) is 1. The molecule has 0 radical (unpaired) electrons. The molecule has 0 unspecified atom stereocenters. The molecule has 0 spiro atoms. The third-order valence-corrected chi connectivity index (χ3v) is 2.05. The zero-order chi connectivity index (χ0) is 11.1. The van der Waals surface area contributed by atoms with Crippen molar-refractivity contribution in [2.24, 2.45) is 0 Å². The highest BCUT2D eigenvalue weighted by Gasteiger charge is 2.03. The lowest BCUT2D eigenvalue weighted by atomic mass is 10.1. The van der Waals surface area contributed by atoms with Crippen molar-refractivity contribution in [3.63, 3.8) is 0 Å². The molecule has 0 fully saturated rings. The van der Waals surface area contributed by atoms with E-state index in [-0.39, 0.29) is 12.2 Å². The number of alkyl halides is 1. The molecule has 0 atom stereocenters. The SMILES string of the molecule is N#CCC(=O)c1ccc(C=CCCl)cc1. The fraction of sp³-hybridized carbons (Fsp3) is 0.167. The zero-order valence-corrected chi connectivity index (χ0v) is 8.87. The van der Waals surface area contributed by atoms with Gasteiger partial charge in [0.25, 0.3) is 0 Å². The molecule has 15 heavy (non-hydrogen) atoms. The van der Waals surface area contributed by atoms with Crippen molar-refractivity contribution in [2.45, 2.75) is 6.42 Å². The second-order valence-electron chi connectivity index (χ2n) is 2.94. The van der Waals surface area contributed by atoms with Gasteiger partial charge in [-0.2, -0.15) is 5.26 Å². The molecule has 76 valence electrons. The lowest BCUT2D eigenvalue weighted by Crippen LogP contribution is -1.96. The Bertz CT molecular complexity index is 401. The van der Waals surface area contributed by atoms with Crippen LogP contribution in [0.4, 0.5) is 0 Å². The molecule has 0 aliphatic carbocycles. The summed E-state index contributed by atoms with van der Waals surface area (Å²) in [6.07, 6.45) is 3.63. The number of nitriles is 1. The zero-order valence-electron chi connectivity index (χ0n) is 8.11. The number of carbonyl (C=O) groups excluding carboxylic acids is 1. The highest BCUT2D eigenvalue weighted by atomic mass is 35.5. The van der Waals surface area contributed by atoms with Gasteiger partial charge in [-0.05, 0) is 5.56 Å². The van der Waals surface area contributed by atoms with Gasteiger partial charge in [0, 0.05) is 11.4 Å². The normalized spacial score (nSPS) is 10.1. The third kappa shape index (κ3) is 3.57. The van der Waals surface area contributed by atoms with Gasteiger partial charge in [-0.25, -0.2) is 0 Å². The van der Waals surface area contributed by atoms with E-state index in [0.717, 1.165) is 5.56 Å². The van der Waals surface area contributed by atoms with Crippen LogP contribution in [0.1, 0.15) is 22.3 Å². The average molecular weight is 220 g/mol. The van der Waals surface area contributed by atoms with Crippen LogP contribution >= 0.6 is 11.6 Å². The van der Waals surface area contributed by atoms with Crippen LogP contribution in [0.15, 0.2) is 30.3 Å². The van der Waals surface area contributed by atoms with Gasteiger partial charge >= 0.3 is 0 Å². The maximum Gasteiger partial charge on any atom is 0.176 e. The van der Waals surface area contributed by atoms with Crippen LogP contribution in [0.3, 0.4) is 0 Å². The molecule has 1 aromatic rings. The maximum absolute atomic E-state index is 11.3. The Morgan fingerprint density at radius 3 is 2.60 bits per heavy atom. The molecule has 0 aliphatic rings. The van der Waals surface area contributed by atoms with Crippen molar-refractivity contribution in [2.75, 3.05) is 5.88 Å². The summed E-state index contributed by atoms with van der Waals surface area (Å²) >= 11 is 5.50. The maximum atomic E-state index is 11.3. The minimum atomic E-state index is -0.148. The predicted molar refractivity (Wildman–Crippen MR) is 60.8 cm³/mol. The van der Waals surface area contributed by atoms with E-state index in [0.29, 0.717) is 11.4 Å². The molecule has 0 N–H and O–H groups in total. The fourth-order valence-electron chi connectivity index (χ4n) is 1.13. The first kappa shape index (κ1) is 11.5. The molecule has 0 bridgehead atoms. The van der Waals surface area contributed by atoms with Gasteiger partial charge in [-0.15, -0.1) is 11.6 Å². The van der Waals surface area contributed by atoms with Gasteiger partial charge in [0.2, 0.25) is 0 Å². The van der Waals surface area contributed by atoms with Crippen molar-refractivity contribution >= 4 is 23.5 Å². The van der Waals surface area contributed by atoms with Gasteiger partial charge in [-0.3, -0.25) is 4.79 Å². The number of nitrogens with zero attached hydrogens (tertiary/aromatic N) is 1. The van der Waals surface area contributed by atoms with E-state index in [2.05, 4.69) is 0 Å². The van der Waals surface area contributed by atoms with E-state index in [1.165, 1.54) is 0 Å². The number of carbonyl (C=O) groups is 1. The van der Waals surface area contributed by atoms with Crippen LogP contribution in [0, 0.1) is 11.3 Å². The molecule has 2 nitrogen and oxygen atoms in total. The standard InChI is InChI=1S/C12H10ClNO/c13-8-1-2-10-3-5-11(6-4-10)12(15)7-9-14/h1-6H,7-8H2. The molecule has 1 rings (SSSR count). The van der Waals surface area contributed by atoms with Crippen LogP contribution in [-0.2, 0) is 0 Å². The number of hydrogen-bond donors (Lipinski definition) is 0. The minimum absolute atomic E-state index is 0.0726. The highest BCUT2D eigenvalue weighted by Crippen LogP contribution is 2.08. The Morgan fingerprint density at radius 1 is 1.40 bits per heavy atom. The number of ketones is 1. The van der Waals surface area contributed by atoms with Crippen molar-refractivity contribution in [1.82, 2.24) is 0 Å². The van der Waals surface area contributed by atoms with Crippen LogP contribution in [-0.4, -0.2) is 11.7 Å². The van der Waals surface area contributed by atoms with Crippen LogP contribution in [0.25, 0.3) is 6.08 Å². The number of hydrogen-bond acceptors (Lipinski definition) is 2. The monoisotopic (exact) mass is 219 g/mol. The van der Waals surface area contributed by atoms with Crippen LogP contribution < -0.4 is 0 Å². The lowest BCUT2D eigenvalue weighted by molar-refractivity contribution is 0.0998. The molecule has 0 amide bonds. The highest BCUT2D eigenvalue weighted by molar-refractivity contribution is 6.19. The van der Waals surface area contributed by atoms with Gasteiger partial charge in [-0.1, -0.05) is 36.4 Å². The van der Waals surface area contributed by atoms with Crippen molar-refractivity contribution in [3.05, 3.63) is 41.5 Å². The minimum Gasteiger partial charge on any atom is -0.293 e. The summed E-state index contributed by atoms with van der Waals surface area (Å²) in [5, 5.41) is 8.37. The Hall–Kier alpha value is -1.59. The number of allylic oxidation sites excluding steroid dienone is 1.